The molecule has 0 radical (unpaired) electrons. The van der Waals surface area contributed by atoms with Gasteiger partial charge in [0.1, 0.15) is 0 Å². The Hall–Kier alpha value is -0.870. The van der Waals surface area contributed by atoms with Crippen molar-refractivity contribution in [1.29, 1.82) is 0 Å². The Labute approximate surface area is 79.4 Å². The minimum absolute atomic E-state index is 0.583. The highest BCUT2D eigenvalue weighted by Gasteiger charge is 1.99. The molecule has 0 unspecified atom stereocenters. The molecule has 1 rings (SSSR count). The van der Waals surface area contributed by atoms with Gasteiger partial charge in [0.15, 0.2) is 0 Å². The third kappa shape index (κ3) is 2.64. The summed E-state index contributed by atoms with van der Waals surface area (Å²) in [5.74, 6) is 0. The van der Waals surface area contributed by atoms with Crippen molar-refractivity contribution in [3.63, 3.8) is 0 Å². The van der Waals surface area contributed by atoms with Crippen molar-refractivity contribution in [2.75, 3.05) is 0 Å². The van der Waals surface area contributed by atoms with Crippen molar-refractivity contribution in [1.82, 2.24) is 4.72 Å². The monoisotopic (exact) mass is 202 g/mol. The molecule has 0 aliphatic heterocycles. The van der Waals surface area contributed by atoms with Crippen LogP contribution in [0.5, 0.6) is 0 Å². The standard InChI is InChI=1S/C7H7ClN2OS/c8-5-3-1-2-4-6(5)12-10-7(9)11/h1-4H,(H3,9,10,11). The molecule has 0 bridgehead atoms. The molecule has 0 aromatic heterocycles. The van der Waals surface area contributed by atoms with Crippen LogP contribution in [-0.4, -0.2) is 6.03 Å². The first-order valence-electron chi connectivity index (χ1n) is 3.17. The van der Waals surface area contributed by atoms with Gasteiger partial charge in [-0.25, -0.2) is 4.79 Å². The van der Waals surface area contributed by atoms with E-state index in [4.69, 9.17) is 17.3 Å². The average Bonchev–Trinajstić information content (AvgIpc) is 2.03. The van der Waals surface area contributed by atoms with Gasteiger partial charge in [-0.1, -0.05) is 23.7 Å². The molecule has 1 aromatic carbocycles. The molecular weight excluding hydrogens is 196 g/mol. The Bertz CT molecular complexity index is 292. The van der Waals surface area contributed by atoms with Crippen LogP contribution in [0, 0.1) is 0 Å². The summed E-state index contributed by atoms with van der Waals surface area (Å²) in [6.07, 6.45) is 0. The summed E-state index contributed by atoms with van der Waals surface area (Å²) in [7, 11) is 0. The number of urea groups is 1. The number of nitrogens with one attached hydrogen (secondary N) is 1. The van der Waals surface area contributed by atoms with Crippen molar-refractivity contribution in [3.8, 4) is 0 Å². The Morgan fingerprint density at radius 1 is 1.50 bits per heavy atom. The van der Waals surface area contributed by atoms with Crippen molar-refractivity contribution in [3.05, 3.63) is 29.3 Å². The normalized spacial score (nSPS) is 9.42. The lowest BCUT2D eigenvalue weighted by Gasteiger charge is -2.01. The second kappa shape index (κ2) is 4.23. The number of rotatable bonds is 2. The van der Waals surface area contributed by atoms with E-state index in [0.29, 0.717) is 5.02 Å². The smallest absolute Gasteiger partial charge is 0.322 e. The number of amides is 2. The van der Waals surface area contributed by atoms with Crippen LogP contribution in [0.15, 0.2) is 29.2 Å². The predicted molar refractivity (Wildman–Crippen MR) is 50.0 cm³/mol. The molecule has 2 amide bonds. The first-order chi connectivity index (χ1) is 5.70. The van der Waals surface area contributed by atoms with Gasteiger partial charge in [0.25, 0.3) is 0 Å². The number of carbonyl (C=O) groups excluding carboxylic acids is 1. The Kier molecular flexibility index (Phi) is 3.25. The summed E-state index contributed by atoms with van der Waals surface area (Å²) in [6, 6.07) is 6.60. The molecule has 0 saturated carbocycles. The number of carbonyl (C=O) groups is 1. The largest absolute Gasteiger partial charge is 0.351 e. The van der Waals surface area contributed by atoms with Crippen LogP contribution >= 0.6 is 23.5 Å². The number of primary amides is 1. The van der Waals surface area contributed by atoms with Crippen molar-refractivity contribution in [2.45, 2.75) is 4.90 Å². The van der Waals surface area contributed by atoms with Crippen molar-refractivity contribution in [2.24, 2.45) is 5.73 Å². The highest BCUT2D eigenvalue weighted by molar-refractivity contribution is 7.98. The molecule has 1 aromatic rings. The van der Waals surface area contributed by atoms with Gasteiger partial charge in [0, 0.05) is 4.90 Å². The molecule has 0 saturated heterocycles. The van der Waals surface area contributed by atoms with E-state index in [9.17, 15) is 4.79 Å². The van der Waals surface area contributed by atoms with E-state index in [-0.39, 0.29) is 0 Å². The second-order valence-corrected chi connectivity index (χ2v) is 3.25. The third-order valence-electron chi connectivity index (χ3n) is 1.10. The molecule has 5 heteroatoms. The summed E-state index contributed by atoms with van der Waals surface area (Å²) in [4.78, 5) is 11.1. The highest BCUT2D eigenvalue weighted by Crippen LogP contribution is 2.23. The molecule has 0 atom stereocenters. The number of halogens is 1. The maximum absolute atomic E-state index is 10.3. The highest BCUT2D eigenvalue weighted by atomic mass is 35.5. The van der Waals surface area contributed by atoms with Gasteiger partial charge in [-0.05, 0) is 24.1 Å². The molecule has 0 aliphatic carbocycles. The second-order valence-electron chi connectivity index (χ2n) is 2.00. The van der Waals surface area contributed by atoms with Gasteiger partial charge >= 0.3 is 6.03 Å². The van der Waals surface area contributed by atoms with Crippen LogP contribution in [0.25, 0.3) is 0 Å². The molecule has 64 valence electrons. The lowest BCUT2D eigenvalue weighted by molar-refractivity contribution is 0.254. The minimum Gasteiger partial charge on any atom is -0.351 e. The van der Waals surface area contributed by atoms with Crippen LogP contribution in [0.2, 0.25) is 5.02 Å². The average molecular weight is 203 g/mol. The topological polar surface area (TPSA) is 55.1 Å². The third-order valence-corrected chi connectivity index (χ3v) is 2.42. The quantitative estimate of drug-likeness (QED) is 0.721. The van der Waals surface area contributed by atoms with E-state index in [1.807, 2.05) is 12.1 Å². The van der Waals surface area contributed by atoms with Gasteiger partial charge in [-0.3, -0.25) is 4.72 Å². The van der Waals surface area contributed by atoms with E-state index in [0.717, 1.165) is 16.8 Å². The van der Waals surface area contributed by atoms with Crippen LogP contribution in [0.4, 0.5) is 4.79 Å². The van der Waals surface area contributed by atoms with Gasteiger partial charge < -0.3 is 5.73 Å². The number of hydrogen-bond donors (Lipinski definition) is 2. The van der Waals surface area contributed by atoms with Crippen molar-refractivity contribution >= 4 is 29.6 Å². The van der Waals surface area contributed by atoms with E-state index < -0.39 is 6.03 Å². The van der Waals surface area contributed by atoms with Crippen LogP contribution in [0.1, 0.15) is 0 Å². The lowest BCUT2D eigenvalue weighted by Crippen LogP contribution is -2.22. The Morgan fingerprint density at radius 3 is 2.75 bits per heavy atom. The summed E-state index contributed by atoms with van der Waals surface area (Å²) in [5, 5.41) is 0.594. The number of nitrogens with two attached hydrogens (primary N) is 1. The Balaban J connectivity index is 2.63. The fourth-order valence-corrected chi connectivity index (χ4v) is 1.41. The molecule has 0 fully saturated rings. The summed E-state index contributed by atoms with van der Waals surface area (Å²) in [5.41, 5.74) is 4.88. The van der Waals surface area contributed by atoms with Gasteiger partial charge in [-0.15, -0.1) is 0 Å². The molecule has 0 aliphatic rings. The minimum atomic E-state index is -0.583. The maximum atomic E-state index is 10.3. The van der Waals surface area contributed by atoms with Crippen LogP contribution < -0.4 is 10.5 Å². The molecule has 0 heterocycles. The zero-order valence-electron chi connectivity index (χ0n) is 6.08. The maximum Gasteiger partial charge on any atom is 0.322 e. The van der Waals surface area contributed by atoms with Gasteiger partial charge in [0.05, 0.1) is 5.02 Å². The SMILES string of the molecule is NC(=O)NSc1ccccc1Cl. The fourth-order valence-electron chi connectivity index (χ4n) is 0.633. The number of hydrogen-bond acceptors (Lipinski definition) is 2. The fraction of sp³-hybridized carbons (Fsp3) is 0. The van der Waals surface area contributed by atoms with Gasteiger partial charge in [-0.2, -0.15) is 0 Å². The molecular formula is C7H7ClN2OS. The predicted octanol–water partition coefficient (Wildman–Crippen LogP) is 2.02. The summed E-state index contributed by atoms with van der Waals surface area (Å²) in [6.45, 7) is 0. The van der Waals surface area contributed by atoms with Crippen molar-refractivity contribution < 1.29 is 4.79 Å². The molecule has 12 heavy (non-hydrogen) atoms. The zero-order chi connectivity index (χ0) is 8.97. The molecule has 0 spiro atoms. The van der Waals surface area contributed by atoms with Gasteiger partial charge in [0.2, 0.25) is 0 Å². The van der Waals surface area contributed by atoms with Crippen LogP contribution in [0.3, 0.4) is 0 Å². The van der Waals surface area contributed by atoms with Crippen LogP contribution in [-0.2, 0) is 0 Å². The Morgan fingerprint density at radius 2 is 2.17 bits per heavy atom. The zero-order valence-corrected chi connectivity index (χ0v) is 7.65. The van der Waals surface area contributed by atoms with E-state index in [1.165, 1.54) is 0 Å². The summed E-state index contributed by atoms with van der Waals surface area (Å²) < 4.78 is 2.37. The lowest BCUT2D eigenvalue weighted by atomic mass is 10.4. The first kappa shape index (κ1) is 9.22. The first-order valence-corrected chi connectivity index (χ1v) is 4.36. The number of benzene rings is 1. The van der Waals surface area contributed by atoms with E-state index in [1.54, 1.807) is 12.1 Å². The molecule has 3 nitrogen and oxygen atoms in total. The summed E-state index contributed by atoms with van der Waals surface area (Å²) >= 11 is 6.89. The van der Waals surface area contributed by atoms with E-state index >= 15 is 0 Å². The van der Waals surface area contributed by atoms with E-state index in [2.05, 4.69) is 4.72 Å². The molecule has 3 N–H and O–H groups in total.